The number of para-hydroxylation sites is 2. The first kappa shape index (κ1) is 17.0. The van der Waals surface area contributed by atoms with Gasteiger partial charge in [0.1, 0.15) is 5.82 Å². The highest BCUT2D eigenvalue weighted by atomic mass is 16.1. The van der Waals surface area contributed by atoms with Crippen molar-refractivity contribution < 1.29 is 4.79 Å². The Labute approximate surface area is 144 Å². The number of carbonyl (C=O) groups is 1. The van der Waals surface area contributed by atoms with Gasteiger partial charge in [-0.05, 0) is 37.3 Å². The molecule has 4 nitrogen and oxygen atoms in total. The second kappa shape index (κ2) is 8.32. The number of amides is 1. The molecule has 24 heavy (non-hydrogen) atoms. The van der Waals surface area contributed by atoms with Gasteiger partial charge in [0, 0.05) is 25.9 Å². The van der Waals surface area contributed by atoms with Crippen molar-refractivity contribution in [2.24, 2.45) is 5.92 Å². The van der Waals surface area contributed by atoms with Gasteiger partial charge in [0.25, 0.3) is 0 Å². The van der Waals surface area contributed by atoms with Gasteiger partial charge in [-0.3, -0.25) is 4.79 Å². The van der Waals surface area contributed by atoms with Crippen LogP contribution in [0.3, 0.4) is 0 Å². The van der Waals surface area contributed by atoms with Gasteiger partial charge in [0.2, 0.25) is 5.91 Å². The maximum atomic E-state index is 12.1. The highest BCUT2D eigenvalue weighted by Gasteiger charge is 2.17. The van der Waals surface area contributed by atoms with E-state index in [1.54, 1.807) is 0 Å². The topological polar surface area (TPSA) is 46.9 Å². The number of carbonyl (C=O) groups excluding carboxylic acids is 1. The van der Waals surface area contributed by atoms with Crippen LogP contribution in [0, 0.1) is 5.92 Å². The van der Waals surface area contributed by atoms with Crippen molar-refractivity contribution in [2.45, 2.75) is 64.8 Å². The molecule has 1 heterocycles. The standard InChI is InChI=1S/C20H29N3O/c1-2-14-23-18-11-7-6-10-17(18)22-19(23)12-13-21-20(24)15-16-8-4-3-5-9-16/h6-7,10-11,16H,2-5,8-9,12-15H2,1H3,(H,21,24). The molecular formula is C20H29N3O. The van der Waals surface area contributed by atoms with Crippen LogP contribution in [0.1, 0.15) is 57.7 Å². The van der Waals surface area contributed by atoms with Gasteiger partial charge < -0.3 is 9.88 Å². The Bertz CT molecular complexity index is 671. The van der Waals surface area contributed by atoms with Crippen LogP contribution in [0.25, 0.3) is 11.0 Å². The van der Waals surface area contributed by atoms with E-state index in [-0.39, 0.29) is 5.91 Å². The monoisotopic (exact) mass is 327 g/mol. The molecule has 0 spiro atoms. The third kappa shape index (κ3) is 4.16. The lowest BCUT2D eigenvalue weighted by atomic mass is 9.87. The quantitative estimate of drug-likeness (QED) is 0.833. The summed E-state index contributed by atoms with van der Waals surface area (Å²) in [6.45, 7) is 3.84. The molecule has 4 heteroatoms. The molecule has 1 aliphatic rings. The lowest BCUT2D eigenvalue weighted by Crippen LogP contribution is -2.28. The summed E-state index contributed by atoms with van der Waals surface area (Å²) >= 11 is 0. The van der Waals surface area contributed by atoms with Crippen molar-refractivity contribution in [3.8, 4) is 0 Å². The summed E-state index contributed by atoms with van der Waals surface area (Å²) in [7, 11) is 0. The van der Waals surface area contributed by atoms with E-state index in [0.29, 0.717) is 18.9 Å². The van der Waals surface area contributed by atoms with Crippen LogP contribution >= 0.6 is 0 Å². The van der Waals surface area contributed by atoms with E-state index in [2.05, 4.69) is 35.0 Å². The lowest BCUT2D eigenvalue weighted by Gasteiger charge is -2.20. The summed E-state index contributed by atoms with van der Waals surface area (Å²) in [6.07, 6.45) is 8.95. The fourth-order valence-electron chi connectivity index (χ4n) is 3.83. The SMILES string of the molecule is CCCn1c(CCNC(=O)CC2CCCCC2)nc2ccccc21. The van der Waals surface area contributed by atoms with Crippen LogP contribution in [0.5, 0.6) is 0 Å². The molecule has 0 bridgehead atoms. The maximum absolute atomic E-state index is 12.1. The van der Waals surface area contributed by atoms with Crippen LogP contribution < -0.4 is 5.32 Å². The minimum absolute atomic E-state index is 0.208. The number of aryl methyl sites for hydroxylation is 1. The smallest absolute Gasteiger partial charge is 0.220 e. The first-order chi connectivity index (χ1) is 11.8. The van der Waals surface area contributed by atoms with Crippen LogP contribution in [-0.2, 0) is 17.8 Å². The van der Waals surface area contributed by atoms with E-state index >= 15 is 0 Å². The van der Waals surface area contributed by atoms with Gasteiger partial charge in [-0.15, -0.1) is 0 Å². The molecule has 0 saturated heterocycles. The molecule has 0 atom stereocenters. The molecule has 0 radical (unpaired) electrons. The van der Waals surface area contributed by atoms with Gasteiger partial charge >= 0.3 is 0 Å². The summed E-state index contributed by atoms with van der Waals surface area (Å²) in [4.78, 5) is 16.9. The normalized spacial score (nSPS) is 15.7. The van der Waals surface area contributed by atoms with Crippen molar-refractivity contribution >= 4 is 16.9 Å². The van der Waals surface area contributed by atoms with Crippen LogP contribution in [-0.4, -0.2) is 22.0 Å². The van der Waals surface area contributed by atoms with Crippen molar-refractivity contribution in [1.82, 2.24) is 14.9 Å². The average molecular weight is 327 g/mol. The molecule has 1 saturated carbocycles. The summed E-state index contributed by atoms with van der Waals surface area (Å²) < 4.78 is 2.29. The zero-order chi connectivity index (χ0) is 16.8. The van der Waals surface area contributed by atoms with E-state index in [0.717, 1.165) is 30.7 Å². The number of imidazole rings is 1. The van der Waals surface area contributed by atoms with Gasteiger partial charge in [0.15, 0.2) is 0 Å². The largest absolute Gasteiger partial charge is 0.356 e. The minimum Gasteiger partial charge on any atom is -0.356 e. The number of hydrogen-bond donors (Lipinski definition) is 1. The predicted molar refractivity (Wildman–Crippen MR) is 97.9 cm³/mol. The van der Waals surface area contributed by atoms with Crippen molar-refractivity contribution in [3.63, 3.8) is 0 Å². The number of aromatic nitrogens is 2. The molecule has 1 fully saturated rings. The van der Waals surface area contributed by atoms with E-state index in [4.69, 9.17) is 4.98 Å². The fourth-order valence-corrected chi connectivity index (χ4v) is 3.83. The Morgan fingerprint density at radius 1 is 1.25 bits per heavy atom. The molecule has 1 aliphatic carbocycles. The Morgan fingerprint density at radius 3 is 2.83 bits per heavy atom. The highest BCUT2D eigenvalue weighted by molar-refractivity contribution is 5.77. The molecule has 0 unspecified atom stereocenters. The number of hydrogen-bond acceptors (Lipinski definition) is 2. The second-order valence-electron chi connectivity index (χ2n) is 6.98. The van der Waals surface area contributed by atoms with Crippen molar-refractivity contribution in [2.75, 3.05) is 6.54 Å². The molecule has 1 N–H and O–H groups in total. The molecule has 1 aromatic carbocycles. The minimum atomic E-state index is 0.208. The summed E-state index contributed by atoms with van der Waals surface area (Å²) in [5, 5.41) is 3.10. The van der Waals surface area contributed by atoms with Gasteiger partial charge in [-0.2, -0.15) is 0 Å². The molecule has 0 aliphatic heterocycles. The van der Waals surface area contributed by atoms with Gasteiger partial charge in [-0.1, -0.05) is 38.3 Å². The van der Waals surface area contributed by atoms with Gasteiger partial charge in [0.05, 0.1) is 11.0 Å². The fraction of sp³-hybridized carbons (Fsp3) is 0.600. The number of nitrogens with one attached hydrogen (secondary N) is 1. The van der Waals surface area contributed by atoms with E-state index in [1.807, 2.05) is 6.07 Å². The number of nitrogens with zero attached hydrogens (tertiary/aromatic N) is 2. The Balaban J connectivity index is 1.55. The third-order valence-corrected chi connectivity index (χ3v) is 5.05. The summed E-state index contributed by atoms with van der Waals surface area (Å²) in [5.74, 6) is 1.89. The van der Waals surface area contributed by atoms with Crippen LogP contribution in [0.4, 0.5) is 0 Å². The predicted octanol–water partition coefficient (Wildman–Crippen LogP) is 4.08. The Morgan fingerprint density at radius 2 is 2.04 bits per heavy atom. The Hall–Kier alpha value is -1.84. The number of fused-ring (bicyclic) bond motifs is 1. The van der Waals surface area contributed by atoms with E-state index in [9.17, 15) is 4.79 Å². The summed E-state index contributed by atoms with van der Waals surface area (Å²) in [6, 6.07) is 8.28. The second-order valence-corrected chi connectivity index (χ2v) is 6.98. The van der Waals surface area contributed by atoms with Crippen LogP contribution in [0.2, 0.25) is 0 Å². The Kier molecular flexibility index (Phi) is 5.89. The van der Waals surface area contributed by atoms with Crippen molar-refractivity contribution in [1.29, 1.82) is 0 Å². The zero-order valence-corrected chi connectivity index (χ0v) is 14.8. The first-order valence-electron chi connectivity index (χ1n) is 9.48. The summed E-state index contributed by atoms with van der Waals surface area (Å²) in [5.41, 5.74) is 2.25. The molecule has 1 amide bonds. The van der Waals surface area contributed by atoms with E-state index in [1.165, 1.54) is 37.6 Å². The van der Waals surface area contributed by atoms with Crippen molar-refractivity contribution in [3.05, 3.63) is 30.1 Å². The zero-order valence-electron chi connectivity index (χ0n) is 14.8. The van der Waals surface area contributed by atoms with Gasteiger partial charge in [-0.25, -0.2) is 4.98 Å². The number of benzene rings is 1. The average Bonchev–Trinajstić information content (AvgIpc) is 2.94. The maximum Gasteiger partial charge on any atom is 0.220 e. The molecular weight excluding hydrogens is 298 g/mol. The molecule has 1 aromatic heterocycles. The molecule has 130 valence electrons. The van der Waals surface area contributed by atoms with E-state index < -0.39 is 0 Å². The number of rotatable bonds is 7. The first-order valence-corrected chi connectivity index (χ1v) is 9.48. The van der Waals surface area contributed by atoms with Crippen LogP contribution in [0.15, 0.2) is 24.3 Å². The third-order valence-electron chi connectivity index (χ3n) is 5.05. The molecule has 3 rings (SSSR count). The lowest BCUT2D eigenvalue weighted by molar-refractivity contribution is -0.122. The molecule has 2 aromatic rings. The highest BCUT2D eigenvalue weighted by Crippen LogP contribution is 2.26.